The first-order chi connectivity index (χ1) is 14.7. The van der Waals surface area contributed by atoms with Crippen LogP contribution in [0.5, 0.6) is 5.75 Å². The van der Waals surface area contributed by atoms with E-state index in [0.717, 1.165) is 29.3 Å². The number of fused-ring (bicyclic) bond motifs is 2. The number of amides is 2. The molecule has 0 saturated carbocycles. The van der Waals surface area contributed by atoms with E-state index in [1.807, 2.05) is 33.7 Å². The fourth-order valence-electron chi connectivity index (χ4n) is 3.89. The number of hydrogen-bond acceptors (Lipinski definition) is 5. The minimum absolute atomic E-state index is 0.0213. The Labute approximate surface area is 173 Å². The molecule has 4 heterocycles. The van der Waals surface area contributed by atoms with Gasteiger partial charge in [0.05, 0.1) is 18.8 Å². The molecular weight excluding hydrogens is 384 g/mol. The summed E-state index contributed by atoms with van der Waals surface area (Å²) in [4.78, 5) is 31.7. The smallest absolute Gasteiger partial charge is 0.271 e. The van der Waals surface area contributed by atoms with Crippen molar-refractivity contribution >= 4 is 11.8 Å². The first-order valence-electron chi connectivity index (χ1n) is 10.0. The zero-order valence-corrected chi connectivity index (χ0v) is 16.4. The summed E-state index contributed by atoms with van der Waals surface area (Å²) in [5.41, 5.74) is 3.01. The van der Waals surface area contributed by atoms with E-state index in [0.29, 0.717) is 50.5 Å². The van der Waals surface area contributed by atoms with Crippen LogP contribution in [0.3, 0.4) is 0 Å². The van der Waals surface area contributed by atoms with Crippen LogP contribution in [0.25, 0.3) is 0 Å². The van der Waals surface area contributed by atoms with Crippen LogP contribution in [-0.4, -0.2) is 56.2 Å². The topological polar surface area (TPSA) is 105 Å². The van der Waals surface area contributed by atoms with E-state index >= 15 is 0 Å². The average Bonchev–Trinajstić information content (AvgIpc) is 3.50. The lowest BCUT2D eigenvalue weighted by molar-refractivity contribution is 0.0758. The van der Waals surface area contributed by atoms with Crippen LogP contribution in [0.4, 0.5) is 0 Å². The van der Waals surface area contributed by atoms with E-state index in [2.05, 4.69) is 20.5 Å². The van der Waals surface area contributed by atoms with Gasteiger partial charge >= 0.3 is 0 Å². The van der Waals surface area contributed by atoms with Gasteiger partial charge in [0, 0.05) is 50.4 Å². The summed E-state index contributed by atoms with van der Waals surface area (Å²) in [5.74, 6) is 1.49. The van der Waals surface area contributed by atoms with Crippen molar-refractivity contribution < 1.29 is 14.3 Å². The number of nitrogens with one attached hydrogen (secondary N) is 2. The number of aromatic nitrogens is 4. The maximum Gasteiger partial charge on any atom is 0.271 e. The standard InChI is InChI=1S/C21H22N6O3/c28-20(22-12-16-3-6-23-25-16)17-13-27-9-8-26(7-4-19(27)24-17)21(29)15-1-2-18-14(11-15)5-10-30-18/h1-3,6,11,13H,4-5,7-10,12H2,(H,22,28)(H,23,25). The Bertz CT molecular complexity index is 1060. The van der Waals surface area contributed by atoms with Crippen molar-refractivity contribution in [3.63, 3.8) is 0 Å². The van der Waals surface area contributed by atoms with Crippen LogP contribution in [0.15, 0.2) is 36.7 Å². The predicted molar refractivity (Wildman–Crippen MR) is 107 cm³/mol. The third-order valence-electron chi connectivity index (χ3n) is 5.53. The van der Waals surface area contributed by atoms with Gasteiger partial charge in [-0.3, -0.25) is 14.7 Å². The number of nitrogens with zero attached hydrogens (tertiary/aromatic N) is 4. The molecule has 154 valence electrons. The van der Waals surface area contributed by atoms with Crippen LogP contribution in [0.2, 0.25) is 0 Å². The van der Waals surface area contributed by atoms with Gasteiger partial charge in [0.25, 0.3) is 11.8 Å². The van der Waals surface area contributed by atoms with E-state index < -0.39 is 0 Å². The number of benzene rings is 1. The van der Waals surface area contributed by atoms with Crippen LogP contribution in [-0.2, 0) is 25.9 Å². The SMILES string of the molecule is O=C(NCc1ccn[nH]1)c1cn2c(n1)CCN(C(=O)c1ccc3c(c1)CCO3)CC2. The fraction of sp³-hybridized carbons (Fsp3) is 0.333. The summed E-state index contributed by atoms with van der Waals surface area (Å²) in [6.07, 6.45) is 4.85. The maximum absolute atomic E-state index is 13.0. The van der Waals surface area contributed by atoms with Gasteiger partial charge in [0.15, 0.2) is 0 Å². The van der Waals surface area contributed by atoms with E-state index in [4.69, 9.17) is 4.74 Å². The second-order valence-corrected chi connectivity index (χ2v) is 7.46. The monoisotopic (exact) mass is 406 g/mol. The van der Waals surface area contributed by atoms with Gasteiger partial charge in [0.2, 0.25) is 0 Å². The minimum Gasteiger partial charge on any atom is -0.493 e. The molecule has 0 spiro atoms. The molecule has 0 atom stereocenters. The number of hydrogen-bond donors (Lipinski definition) is 2. The number of aromatic amines is 1. The summed E-state index contributed by atoms with van der Waals surface area (Å²) in [6.45, 7) is 2.80. The molecular formula is C21H22N6O3. The first kappa shape index (κ1) is 18.4. The van der Waals surface area contributed by atoms with E-state index in [1.54, 1.807) is 12.4 Å². The Balaban J connectivity index is 1.23. The minimum atomic E-state index is -0.224. The van der Waals surface area contributed by atoms with Crippen LogP contribution < -0.4 is 10.1 Å². The van der Waals surface area contributed by atoms with Crippen molar-refractivity contribution in [2.75, 3.05) is 19.7 Å². The highest BCUT2D eigenvalue weighted by Crippen LogP contribution is 2.26. The summed E-state index contributed by atoms with van der Waals surface area (Å²) in [7, 11) is 0. The van der Waals surface area contributed by atoms with Crippen molar-refractivity contribution in [2.24, 2.45) is 0 Å². The molecule has 0 fully saturated rings. The highest BCUT2D eigenvalue weighted by Gasteiger charge is 2.23. The van der Waals surface area contributed by atoms with Crippen molar-refractivity contribution in [3.8, 4) is 5.75 Å². The molecule has 0 unspecified atom stereocenters. The van der Waals surface area contributed by atoms with Gasteiger partial charge in [-0.1, -0.05) is 0 Å². The third kappa shape index (κ3) is 3.54. The molecule has 0 radical (unpaired) electrons. The van der Waals surface area contributed by atoms with Crippen LogP contribution in [0, 0.1) is 0 Å². The molecule has 2 aliphatic rings. The molecule has 2 aromatic heterocycles. The van der Waals surface area contributed by atoms with Gasteiger partial charge in [-0.25, -0.2) is 4.98 Å². The quantitative estimate of drug-likeness (QED) is 0.677. The molecule has 9 heteroatoms. The summed E-state index contributed by atoms with van der Waals surface area (Å²) in [6, 6.07) is 7.46. The Kier molecular flexibility index (Phi) is 4.70. The Morgan fingerprint density at radius 3 is 2.97 bits per heavy atom. The highest BCUT2D eigenvalue weighted by molar-refractivity contribution is 5.95. The van der Waals surface area contributed by atoms with E-state index in [-0.39, 0.29) is 11.8 Å². The lowest BCUT2D eigenvalue weighted by Gasteiger charge is -2.20. The zero-order valence-electron chi connectivity index (χ0n) is 16.4. The summed E-state index contributed by atoms with van der Waals surface area (Å²) < 4.78 is 7.49. The highest BCUT2D eigenvalue weighted by atomic mass is 16.5. The number of ether oxygens (including phenoxy) is 1. The van der Waals surface area contributed by atoms with E-state index in [9.17, 15) is 9.59 Å². The number of H-pyrrole nitrogens is 1. The van der Waals surface area contributed by atoms with Crippen molar-refractivity contribution in [1.82, 2.24) is 30.0 Å². The molecule has 0 bridgehead atoms. The Hall–Kier alpha value is -3.62. The summed E-state index contributed by atoms with van der Waals surface area (Å²) >= 11 is 0. The van der Waals surface area contributed by atoms with Crippen LogP contribution >= 0.6 is 0 Å². The number of carbonyl (C=O) groups excluding carboxylic acids is 2. The fourth-order valence-corrected chi connectivity index (χ4v) is 3.89. The third-order valence-corrected chi connectivity index (χ3v) is 5.53. The molecule has 5 rings (SSSR count). The molecule has 3 aromatic rings. The molecule has 2 N–H and O–H groups in total. The van der Waals surface area contributed by atoms with Crippen molar-refractivity contribution in [3.05, 3.63) is 65.0 Å². The average molecular weight is 406 g/mol. The van der Waals surface area contributed by atoms with Crippen LogP contribution in [0.1, 0.15) is 37.9 Å². The van der Waals surface area contributed by atoms with Gasteiger partial charge in [-0.15, -0.1) is 0 Å². The van der Waals surface area contributed by atoms with Gasteiger partial charge < -0.3 is 19.5 Å². The second kappa shape index (κ2) is 7.66. The number of imidazole rings is 1. The van der Waals surface area contributed by atoms with Gasteiger partial charge in [0.1, 0.15) is 17.3 Å². The molecule has 2 amide bonds. The van der Waals surface area contributed by atoms with Gasteiger partial charge in [-0.2, -0.15) is 5.10 Å². The van der Waals surface area contributed by atoms with Gasteiger partial charge in [-0.05, 0) is 29.8 Å². The van der Waals surface area contributed by atoms with E-state index in [1.165, 1.54) is 0 Å². The maximum atomic E-state index is 13.0. The lowest BCUT2D eigenvalue weighted by atomic mass is 10.1. The van der Waals surface area contributed by atoms with Crippen molar-refractivity contribution in [1.29, 1.82) is 0 Å². The first-order valence-corrected chi connectivity index (χ1v) is 10.0. The lowest BCUT2D eigenvalue weighted by Crippen LogP contribution is -2.33. The molecule has 0 saturated heterocycles. The summed E-state index contributed by atoms with van der Waals surface area (Å²) in [5, 5.41) is 9.51. The molecule has 1 aromatic carbocycles. The molecule has 9 nitrogen and oxygen atoms in total. The molecule has 2 aliphatic heterocycles. The molecule has 0 aliphatic carbocycles. The Morgan fingerprint density at radius 1 is 1.17 bits per heavy atom. The Morgan fingerprint density at radius 2 is 2.10 bits per heavy atom. The zero-order chi connectivity index (χ0) is 20.5. The molecule has 30 heavy (non-hydrogen) atoms. The number of carbonyl (C=O) groups is 2. The van der Waals surface area contributed by atoms with Crippen molar-refractivity contribution in [2.45, 2.75) is 25.9 Å². The number of rotatable bonds is 4. The second-order valence-electron chi connectivity index (χ2n) is 7.46. The largest absolute Gasteiger partial charge is 0.493 e. The predicted octanol–water partition coefficient (Wildman–Crippen LogP) is 1.17. The normalized spacial score (nSPS) is 15.1.